The molecule has 29 heavy (non-hydrogen) atoms. The molecule has 1 aliphatic rings. The van der Waals surface area contributed by atoms with Crippen molar-refractivity contribution in [1.29, 1.82) is 0 Å². The van der Waals surface area contributed by atoms with Gasteiger partial charge in [0.2, 0.25) is 5.91 Å². The zero-order valence-electron chi connectivity index (χ0n) is 16.7. The predicted octanol–water partition coefficient (Wildman–Crippen LogP) is 5.01. The lowest BCUT2D eigenvalue weighted by Crippen LogP contribution is -2.31. The van der Waals surface area contributed by atoms with Gasteiger partial charge in [-0.2, -0.15) is 0 Å². The number of esters is 1. The molecule has 0 radical (unpaired) electrons. The maximum Gasteiger partial charge on any atom is 0.310 e. The summed E-state index contributed by atoms with van der Waals surface area (Å²) in [6.07, 6.45) is 1.97. The van der Waals surface area contributed by atoms with E-state index >= 15 is 0 Å². The predicted molar refractivity (Wildman–Crippen MR) is 111 cm³/mol. The van der Waals surface area contributed by atoms with Gasteiger partial charge in [-0.3, -0.25) is 9.59 Å². The number of hydrogen-bond donors (Lipinski definition) is 0. The van der Waals surface area contributed by atoms with Crippen molar-refractivity contribution in [2.24, 2.45) is 5.92 Å². The molecule has 0 N–H and O–H groups in total. The molecule has 2 aromatic rings. The van der Waals surface area contributed by atoms with Gasteiger partial charge in [0.15, 0.2) is 0 Å². The van der Waals surface area contributed by atoms with Crippen LogP contribution in [-0.4, -0.2) is 29.9 Å². The molecule has 4 nitrogen and oxygen atoms in total. The molecule has 154 valence electrons. The zero-order chi connectivity index (χ0) is 21.0. The number of carbonyl (C=O) groups excluding carboxylic acids is 2. The molecule has 0 aliphatic heterocycles. The fraction of sp³-hybridized carbons (Fsp3) is 0.391. The Labute approximate surface area is 175 Å². The first-order chi connectivity index (χ1) is 13.9. The Morgan fingerprint density at radius 3 is 2.59 bits per heavy atom. The summed E-state index contributed by atoms with van der Waals surface area (Å²) in [5.74, 6) is -0.453. The number of rotatable bonds is 8. The number of halogens is 2. The van der Waals surface area contributed by atoms with Crippen molar-refractivity contribution in [3.8, 4) is 11.1 Å². The van der Waals surface area contributed by atoms with E-state index in [9.17, 15) is 14.0 Å². The van der Waals surface area contributed by atoms with E-state index < -0.39 is 0 Å². The lowest BCUT2D eigenvalue weighted by atomic mass is 9.96. The summed E-state index contributed by atoms with van der Waals surface area (Å²) in [6, 6.07) is 9.92. The average Bonchev–Trinajstić information content (AvgIpc) is 3.50. The average molecular weight is 418 g/mol. The van der Waals surface area contributed by atoms with Crippen LogP contribution in [0.4, 0.5) is 4.39 Å². The monoisotopic (exact) mass is 417 g/mol. The summed E-state index contributed by atoms with van der Waals surface area (Å²) in [4.78, 5) is 26.1. The molecule has 6 heteroatoms. The highest BCUT2D eigenvalue weighted by Gasteiger charge is 2.33. The molecular weight excluding hydrogens is 393 g/mol. The minimum atomic E-state index is -0.354. The van der Waals surface area contributed by atoms with Gasteiger partial charge < -0.3 is 9.64 Å². The summed E-state index contributed by atoms with van der Waals surface area (Å²) in [6.45, 7) is 4.90. The Bertz CT molecular complexity index is 911. The minimum Gasteiger partial charge on any atom is -0.466 e. The molecule has 0 saturated heterocycles. The second-order valence-corrected chi connectivity index (χ2v) is 7.69. The number of hydrogen-bond acceptors (Lipinski definition) is 3. The Balaban J connectivity index is 1.93. The van der Waals surface area contributed by atoms with Crippen LogP contribution in [-0.2, 0) is 27.3 Å². The van der Waals surface area contributed by atoms with Gasteiger partial charge in [-0.05, 0) is 73.2 Å². The van der Waals surface area contributed by atoms with E-state index in [1.807, 2.05) is 13.0 Å². The number of amides is 1. The molecule has 3 rings (SSSR count). The van der Waals surface area contributed by atoms with Gasteiger partial charge >= 0.3 is 5.97 Å². The number of nitrogens with zero attached hydrogens (tertiary/aromatic N) is 1. The second-order valence-electron chi connectivity index (χ2n) is 7.26. The molecule has 2 aromatic carbocycles. The van der Waals surface area contributed by atoms with E-state index in [0.717, 1.165) is 29.5 Å². The lowest BCUT2D eigenvalue weighted by Gasteiger charge is -2.23. The van der Waals surface area contributed by atoms with Crippen LogP contribution in [0.3, 0.4) is 0 Å². The van der Waals surface area contributed by atoms with Crippen LogP contribution in [0.2, 0.25) is 5.02 Å². The Hall–Kier alpha value is -2.40. The van der Waals surface area contributed by atoms with Gasteiger partial charge in [-0.15, -0.1) is 0 Å². The maximum absolute atomic E-state index is 14.0. The van der Waals surface area contributed by atoms with Crippen LogP contribution >= 0.6 is 11.6 Å². The smallest absolute Gasteiger partial charge is 0.310 e. The first-order valence-electron chi connectivity index (χ1n) is 9.94. The largest absolute Gasteiger partial charge is 0.466 e. The first-order valence-corrected chi connectivity index (χ1v) is 10.3. The van der Waals surface area contributed by atoms with Crippen molar-refractivity contribution < 1.29 is 18.7 Å². The zero-order valence-corrected chi connectivity index (χ0v) is 17.5. The van der Waals surface area contributed by atoms with Crippen LogP contribution < -0.4 is 0 Å². The normalized spacial score (nSPS) is 13.2. The van der Waals surface area contributed by atoms with Crippen molar-refractivity contribution in [2.45, 2.75) is 39.7 Å². The van der Waals surface area contributed by atoms with Gasteiger partial charge in [0.25, 0.3) is 0 Å². The number of benzene rings is 2. The second kappa shape index (κ2) is 9.40. The van der Waals surface area contributed by atoms with Crippen molar-refractivity contribution >= 4 is 23.5 Å². The summed E-state index contributed by atoms with van der Waals surface area (Å²) >= 11 is 6.29. The van der Waals surface area contributed by atoms with Gasteiger partial charge in [0, 0.05) is 24.0 Å². The van der Waals surface area contributed by atoms with Crippen molar-refractivity contribution in [3.63, 3.8) is 0 Å². The Morgan fingerprint density at radius 2 is 1.93 bits per heavy atom. The third-order valence-electron chi connectivity index (χ3n) is 4.97. The van der Waals surface area contributed by atoms with Gasteiger partial charge in [0.1, 0.15) is 5.82 Å². The van der Waals surface area contributed by atoms with E-state index in [0.29, 0.717) is 30.3 Å². The van der Waals surface area contributed by atoms with Crippen LogP contribution in [0.25, 0.3) is 11.1 Å². The van der Waals surface area contributed by atoms with Gasteiger partial charge in [0.05, 0.1) is 13.0 Å². The van der Waals surface area contributed by atoms with Crippen molar-refractivity contribution in [3.05, 3.63) is 58.4 Å². The molecule has 1 amide bonds. The van der Waals surface area contributed by atoms with E-state index in [-0.39, 0.29) is 30.0 Å². The highest BCUT2D eigenvalue weighted by Crippen LogP contribution is 2.33. The molecule has 1 aliphatic carbocycles. The van der Waals surface area contributed by atoms with Gasteiger partial charge in [-0.1, -0.05) is 23.7 Å². The number of ether oxygens (including phenoxy) is 1. The summed E-state index contributed by atoms with van der Waals surface area (Å²) in [7, 11) is 0. The quantitative estimate of drug-likeness (QED) is 0.567. The van der Waals surface area contributed by atoms with E-state index in [1.54, 1.807) is 30.0 Å². The molecule has 1 fully saturated rings. The van der Waals surface area contributed by atoms with Crippen LogP contribution in [0.15, 0.2) is 36.4 Å². The molecule has 0 spiro atoms. The first kappa shape index (κ1) is 21.3. The SMILES string of the molecule is CCOC(=O)Cc1cc(Cl)cc(-c2ccc(F)cc2CN(CC)C(=O)C2CC2)c1. The van der Waals surface area contributed by atoms with Crippen molar-refractivity contribution in [1.82, 2.24) is 4.90 Å². The summed E-state index contributed by atoms with van der Waals surface area (Å²) in [5, 5.41) is 0.485. The number of carbonyl (C=O) groups is 2. The van der Waals surface area contributed by atoms with E-state index in [4.69, 9.17) is 16.3 Å². The standard InChI is InChI=1S/C23H25ClFNO3/c1-3-26(23(28)16-5-6-16)14-18-13-20(25)7-8-21(18)17-9-15(10-19(24)12-17)11-22(27)29-4-2/h7-10,12-13,16H,3-6,11,14H2,1-2H3. The third-order valence-corrected chi connectivity index (χ3v) is 5.19. The molecule has 0 aromatic heterocycles. The topological polar surface area (TPSA) is 46.6 Å². The van der Waals surface area contributed by atoms with E-state index in [2.05, 4.69) is 0 Å². The highest BCUT2D eigenvalue weighted by atomic mass is 35.5. The fourth-order valence-corrected chi connectivity index (χ4v) is 3.66. The third kappa shape index (κ3) is 5.57. The molecule has 0 heterocycles. The van der Waals surface area contributed by atoms with Crippen molar-refractivity contribution in [2.75, 3.05) is 13.2 Å². The summed E-state index contributed by atoms with van der Waals surface area (Å²) in [5.41, 5.74) is 3.01. The van der Waals surface area contributed by atoms with E-state index in [1.165, 1.54) is 12.1 Å². The molecule has 0 atom stereocenters. The Morgan fingerprint density at radius 1 is 1.17 bits per heavy atom. The van der Waals surface area contributed by atoms with Crippen LogP contribution in [0.5, 0.6) is 0 Å². The molecule has 1 saturated carbocycles. The molecule has 0 bridgehead atoms. The van der Waals surface area contributed by atoms with Crippen LogP contribution in [0, 0.1) is 11.7 Å². The lowest BCUT2D eigenvalue weighted by molar-refractivity contribution is -0.142. The highest BCUT2D eigenvalue weighted by molar-refractivity contribution is 6.31. The fourth-order valence-electron chi connectivity index (χ4n) is 3.40. The summed E-state index contributed by atoms with van der Waals surface area (Å²) < 4.78 is 19.0. The minimum absolute atomic E-state index is 0.106. The Kier molecular flexibility index (Phi) is 6.91. The molecular formula is C23H25ClFNO3. The molecule has 0 unspecified atom stereocenters. The van der Waals surface area contributed by atoms with Crippen LogP contribution in [0.1, 0.15) is 37.8 Å². The van der Waals surface area contributed by atoms with Gasteiger partial charge in [-0.25, -0.2) is 4.39 Å². The maximum atomic E-state index is 14.0.